The fourth-order valence-electron chi connectivity index (χ4n) is 3.84. The lowest BCUT2D eigenvalue weighted by Gasteiger charge is -2.19. The molecule has 2 N–H and O–H groups in total. The summed E-state index contributed by atoms with van der Waals surface area (Å²) in [7, 11) is 2.00. The van der Waals surface area contributed by atoms with Gasteiger partial charge < -0.3 is 29.4 Å². The number of carbonyl (C=O) groups excluding carboxylic acids is 1. The van der Waals surface area contributed by atoms with Crippen molar-refractivity contribution in [2.45, 2.75) is 12.5 Å². The van der Waals surface area contributed by atoms with Crippen molar-refractivity contribution in [1.82, 2.24) is 5.32 Å². The van der Waals surface area contributed by atoms with Gasteiger partial charge >= 0.3 is 0 Å². The van der Waals surface area contributed by atoms with Gasteiger partial charge in [-0.15, -0.1) is 0 Å². The number of fused-ring (bicyclic) bond motifs is 1. The molecule has 1 unspecified atom stereocenters. The molecular weight excluding hydrogens is 382 g/mol. The van der Waals surface area contributed by atoms with Crippen LogP contribution in [-0.2, 0) is 0 Å². The molecule has 0 spiro atoms. The van der Waals surface area contributed by atoms with Crippen LogP contribution in [0.1, 0.15) is 17.0 Å². The first kappa shape index (κ1) is 18.6. The SMILES string of the molecule is CNC1CCN(c2ccc(NC(=O)c3ccc(-c4ccc5c(c4)OCO5)o3)cc2)C1. The van der Waals surface area contributed by atoms with E-state index in [1.165, 1.54) is 0 Å². The lowest BCUT2D eigenvalue weighted by molar-refractivity contribution is 0.0997. The molecule has 2 aliphatic rings. The lowest BCUT2D eigenvalue weighted by atomic mass is 10.1. The Bertz CT molecular complexity index is 1060. The summed E-state index contributed by atoms with van der Waals surface area (Å²) in [4.78, 5) is 14.9. The van der Waals surface area contributed by atoms with Crippen molar-refractivity contribution in [3.05, 3.63) is 60.4 Å². The van der Waals surface area contributed by atoms with Gasteiger partial charge in [-0.3, -0.25) is 4.79 Å². The fourth-order valence-corrected chi connectivity index (χ4v) is 3.84. The molecule has 0 saturated carbocycles. The van der Waals surface area contributed by atoms with Crippen molar-refractivity contribution in [2.75, 3.05) is 37.1 Å². The summed E-state index contributed by atoms with van der Waals surface area (Å²) >= 11 is 0. The van der Waals surface area contributed by atoms with E-state index >= 15 is 0 Å². The smallest absolute Gasteiger partial charge is 0.291 e. The summed E-state index contributed by atoms with van der Waals surface area (Å²) in [5.41, 5.74) is 2.72. The minimum atomic E-state index is -0.286. The zero-order valence-corrected chi connectivity index (χ0v) is 16.7. The summed E-state index contributed by atoms with van der Waals surface area (Å²) < 4.78 is 16.5. The number of benzene rings is 2. The average molecular weight is 405 g/mol. The molecule has 3 heterocycles. The van der Waals surface area contributed by atoms with Crippen molar-refractivity contribution >= 4 is 17.3 Å². The summed E-state index contributed by atoms with van der Waals surface area (Å²) in [6.07, 6.45) is 1.14. The van der Waals surface area contributed by atoms with Crippen molar-refractivity contribution in [2.24, 2.45) is 0 Å². The third kappa shape index (κ3) is 3.59. The highest BCUT2D eigenvalue weighted by Gasteiger charge is 2.21. The highest BCUT2D eigenvalue weighted by molar-refractivity contribution is 6.02. The average Bonchev–Trinajstić information content (AvgIpc) is 3.54. The minimum absolute atomic E-state index is 0.219. The molecule has 1 aromatic heterocycles. The molecule has 1 fully saturated rings. The number of ether oxygens (including phenoxy) is 2. The lowest BCUT2D eigenvalue weighted by Crippen LogP contribution is -2.29. The molecule has 30 heavy (non-hydrogen) atoms. The Labute approximate surface area is 174 Å². The molecular formula is C23H23N3O4. The van der Waals surface area contributed by atoms with Gasteiger partial charge in [0.2, 0.25) is 6.79 Å². The van der Waals surface area contributed by atoms with Crippen molar-refractivity contribution in [1.29, 1.82) is 0 Å². The number of nitrogens with one attached hydrogen (secondary N) is 2. The van der Waals surface area contributed by atoms with E-state index in [2.05, 4.69) is 15.5 Å². The Balaban J connectivity index is 1.25. The summed E-state index contributed by atoms with van der Waals surface area (Å²) in [6, 6.07) is 17.4. The number of hydrogen-bond donors (Lipinski definition) is 2. The van der Waals surface area contributed by atoms with Gasteiger partial charge in [-0.1, -0.05) is 0 Å². The molecule has 1 atom stereocenters. The summed E-state index contributed by atoms with van der Waals surface area (Å²) in [5.74, 6) is 1.95. The molecule has 7 heteroatoms. The van der Waals surface area contributed by atoms with Gasteiger partial charge in [-0.2, -0.15) is 0 Å². The van der Waals surface area contributed by atoms with Gasteiger partial charge in [-0.25, -0.2) is 0 Å². The van der Waals surface area contributed by atoms with Crippen LogP contribution in [0.5, 0.6) is 11.5 Å². The second kappa shape index (κ2) is 7.76. The normalized spacial score (nSPS) is 17.4. The predicted molar refractivity (Wildman–Crippen MR) is 114 cm³/mol. The van der Waals surface area contributed by atoms with Crippen LogP contribution in [0, 0.1) is 0 Å². The topological polar surface area (TPSA) is 76.0 Å². The van der Waals surface area contributed by atoms with E-state index in [1.807, 2.05) is 49.5 Å². The van der Waals surface area contributed by atoms with Gasteiger partial charge in [0.15, 0.2) is 17.3 Å². The standard InChI is InChI=1S/C23H23N3O4/c1-24-17-10-11-26(13-17)18-5-3-16(4-6-18)25-23(27)21-9-8-19(30-21)15-2-7-20-22(12-15)29-14-28-20/h2-9,12,17,24H,10-11,13-14H2,1H3,(H,25,27). The Morgan fingerprint density at radius 2 is 1.87 bits per heavy atom. The van der Waals surface area contributed by atoms with Gasteiger partial charge in [0.25, 0.3) is 5.91 Å². The molecule has 3 aromatic rings. The van der Waals surface area contributed by atoms with E-state index in [-0.39, 0.29) is 18.5 Å². The Morgan fingerprint density at radius 3 is 2.67 bits per heavy atom. The molecule has 1 saturated heterocycles. The van der Waals surface area contributed by atoms with Gasteiger partial charge in [0, 0.05) is 36.1 Å². The van der Waals surface area contributed by atoms with Crippen LogP contribution in [0.4, 0.5) is 11.4 Å². The monoisotopic (exact) mass is 405 g/mol. The maximum absolute atomic E-state index is 12.6. The number of amides is 1. The molecule has 7 nitrogen and oxygen atoms in total. The van der Waals surface area contributed by atoms with E-state index in [0.29, 0.717) is 23.3 Å². The predicted octanol–water partition coefficient (Wildman–Crippen LogP) is 3.73. The van der Waals surface area contributed by atoms with Gasteiger partial charge in [-0.05, 0) is 68.1 Å². The molecule has 2 aliphatic heterocycles. The highest BCUT2D eigenvalue weighted by atomic mass is 16.7. The molecule has 1 amide bonds. The molecule has 5 rings (SSSR count). The largest absolute Gasteiger partial charge is 0.454 e. The summed E-state index contributed by atoms with van der Waals surface area (Å²) in [5, 5.41) is 6.22. The van der Waals surface area contributed by atoms with Crippen LogP contribution in [-0.4, -0.2) is 38.9 Å². The quantitative estimate of drug-likeness (QED) is 0.674. The van der Waals surface area contributed by atoms with Crippen LogP contribution < -0.4 is 25.0 Å². The number of likely N-dealkylation sites (N-methyl/N-ethyl adjacent to an activating group) is 1. The van der Waals surface area contributed by atoms with Crippen LogP contribution in [0.3, 0.4) is 0 Å². The number of carbonyl (C=O) groups is 1. The van der Waals surface area contributed by atoms with E-state index < -0.39 is 0 Å². The van der Waals surface area contributed by atoms with Gasteiger partial charge in [0.1, 0.15) is 5.76 Å². The number of furan rings is 1. The van der Waals surface area contributed by atoms with E-state index in [0.717, 1.165) is 36.4 Å². The molecule has 0 radical (unpaired) electrons. The molecule has 0 bridgehead atoms. The van der Waals surface area contributed by atoms with Crippen LogP contribution in [0.15, 0.2) is 59.0 Å². The second-order valence-corrected chi connectivity index (χ2v) is 7.45. The first-order valence-corrected chi connectivity index (χ1v) is 10.0. The molecule has 2 aromatic carbocycles. The second-order valence-electron chi connectivity index (χ2n) is 7.45. The molecule has 0 aliphatic carbocycles. The van der Waals surface area contributed by atoms with E-state index in [9.17, 15) is 4.79 Å². The Kier molecular flexibility index (Phi) is 4.80. The number of anilines is 2. The van der Waals surface area contributed by atoms with E-state index in [4.69, 9.17) is 13.9 Å². The highest BCUT2D eigenvalue weighted by Crippen LogP contribution is 2.36. The number of nitrogens with zero attached hydrogens (tertiary/aromatic N) is 1. The first-order valence-electron chi connectivity index (χ1n) is 10.0. The first-order chi connectivity index (χ1) is 14.7. The van der Waals surface area contributed by atoms with Crippen molar-refractivity contribution in [3.63, 3.8) is 0 Å². The van der Waals surface area contributed by atoms with Gasteiger partial charge in [0.05, 0.1) is 0 Å². The van der Waals surface area contributed by atoms with Crippen LogP contribution >= 0.6 is 0 Å². The molecule has 154 valence electrons. The Hall–Kier alpha value is -3.45. The fraction of sp³-hybridized carbons (Fsp3) is 0.261. The van der Waals surface area contributed by atoms with E-state index in [1.54, 1.807) is 12.1 Å². The van der Waals surface area contributed by atoms with Crippen LogP contribution in [0.25, 0.3) is 11.3 Å². The zero-order chi connectivity index (χ0) is 20.5. The maximum atomic E-state index is 12.6. The number of hydrogen-bond acceptors (Lipinski definition) is 6. The summed E-state index contributed by atoms with van der Waals surface area (Å²) in [6.45, 7) is 2.25. The third-order valence-corrected chi connectivity index (χ3v) is 5.57. The van der Waals surface area contributed by atoms with Crippen LogP contribution in [0.2, 0.25) is 0 Å². The zero-order valence-electron chi connectivity index (χ0n) is 16.7. The Morgan fingerprint density at radius 1 is 1.03 bits per heavy atom. The number of rotatable bonds is 5. The third-order valence-electron chi connectivity index (χ3n) is 5.57. The maximum Gasteiger partial charge on any atom is 0.291 e. The van der Waals surface area contributed by atoms with Crippen molar-refractivity contribution in [3.8, 4) is 22.8 Å². The van der Waals surface area contributed by atoms with Crippen molar-refractivity contribution < 1.29 is 18.7 Å². The minimum Gasteiger partial charge on any atom is -0.454 e.